The second-order valence-electron chi connectivity index (χ2n) is 9.93. The van der Waals surface area contributed by atoms with Gasteiger partial charge in [-0.25, -0.2) is 17.7 Å². The van der Waals surface area contributed by atoms with Crippen molar-refractivity contribution in [3.63, 3.8) is 0 Å². The van der Waals surface area contributed by atoms with Crippen molar-refractivity contribution in [3.8, 4) is 5.75 Å². The number of sulfonamides is 1. The van der Waals surface area contributed by atoms with Crippen molar-refractivity contribution >= 4 is 27.0 Å². The van der Waals surface area contributed by atoms with E-state index < -0.39 is 10.0 Å². The summed E-state index contributed by atoms with van der Waals surface area (Å²) in [7, 11) is -3.18. The molecule has 2 fully saturated rings. The number of hydrogen-bond acceptors (Lipinski definition) is 5. The fourth-order valence-electron chi connectivity index (χ4n) is 5.39. The lowest BCUT2D eigenvalue weighted by atomic mass is 9.92. The van der Waals surface area contributed by atoms with Gasteiger partial charge in [0.1, 0.15) is 18.2 Å². The molecule has 2 aliphatic rings. The molecule has 36 heavy (non-hydrogen) atoms. The Bertz CT molecular complexity index is 1290. The van der Waals surface area contributed by atoms with Crippen molar-refractivity contribution in [3.05, 3.63) is 60.4 Å². The predicted octanol–water partition coefficient (Wildman–Crippen LogP) is 3.53. The lowest BCUT2D eigenvalue weighted by Gasteiger charge is -2.37. The van der Waals surface area contributed by atoms with Gasteiger partial charge < -0.3 is 14.2 Å². The fraction of sp³-hybridized carbons (Fsp3) is 0.481. The van der Waals surface area contributed by atoms with Gasteiger partial charge in [-0.3, -0.25) is 4.79 Å². The van der Waals surface area contributed by atoms with Crippen LogP contribution in [-0.2, 0) is 28.0 Å². The number of nitrogens with zero attached hydrogens (tertiary/aromatic N) is 4. The normalized spacial score (nSPS) is 18.5. The number of carbonyl (C=O) groups excluding carboxylic acids is 1. The minimum atomic E-state index is -3.18. The third kappa shape index (κ3) is 5.57. The van der Waals surface area contributed by atoms with E-state index >= 15 is 0 Å². The maximum absolute atomic E-state index is 13.1. The molecule has 3 heterocycles. The summed E-state index contributed by atoms with van der Waals surface area (Å²) in [6.07, 6.45) is 4.34. The van der Waals surface area contributed by atoms with Crippen LogP contribution in [0.2, 0.25) is 0 Å². The molecule has 0 atom stereocenters. The van der Waals surface area contributed by atoms with Crippen molar-refractivity contribution in [2.45, 2.75) is 38.8 Å². The van der Waals surface area contributed by atoms with Crippen molar-refractivity contribution in [1.82, 2.24) is 18.8 Å². The number of piperidine rings is 2. The van der Waals surface area contributed by atoms with Gasteiger partial charge in [0.15, 0.2) is 0 Å². The van der Waals surface area contributed by atoms with E-state index in [1.807, 2.05) is 53.4 Å². The van der Waals surface area contributed by atoms with Crippen molar-refractivity contribution in [2.75, 3.05) is 32.4 Å². The molecular weight excluding hydrogens is 476 g/mol. The summed E-state index contributed by atoms with van der Waals surface area (Å²) in [6.45, 7) is 3.63. The van der Waals surface area contributed by atoms with E-state index in [-0.39, 0.29) is 11.8 Å². The van der Waals surface area contributed by atoms with Gasteiger partial charge in [-0.2, -0.15) is 0 Å². The number of rotatable bonds is 7. The third-order valence-corrected chi connectivity index (χ3v) is 8.79. The molecule has 3 aromatic rings. The molecule has 0 N–H and O–H groups in total. The van der Waals surface area contributed by atoms with E-state index in [1.54, 1.807) is 0 Å². The molecular formula is C27H34N4O4S. The van der Waals surface area contributed by atoms with Gasteiger partial charge in [-0.15, -0.1) is 0 Å². The number of carbonyl (C=O) groups is 1. The van der Waals surface area contributed by atoms with E-state index in [9.17, 15) is 13.2 Å². The van der Waals surface area contributed by atoms with Crippen LogP contribution < -0.4 is 4.74 Å². The van der Waals surface area contributed by atoms with Crippen LogP contribution in [0, 0.1) is 11.8 Å². The maximum atomic E-state index is 13.1. The van der Waals surface area contributed by atoms with Crippen molar-refractivity contribution in [2.24, 2.45) is 11.8 Å². The molecule has 1 amide bonds. The molecule has 0 saturated carbocycles. The minimum Gasteiger partial charge on any atom is -0.486 e. The summed E-state index contributed by atoms with van der Waals surface area (Å²) in [5, 5.41) is 0. The quantitative estimate of drug-likeness (QED) is 0.486. The van der Waals surface area contributed by atoms with Gasteiger partial charge in [0.2, 0.25) is 15.9 Å². The molecule has 9 heteroatoms. The lowest BCUT2D eigenvalue weighted by Crippen LogP contribution is -2.46. The second-order valence-corrected chi connectivity index (χ2v) is 11.9. The van der Waals surface area contributed by atoms with Crippen LogP contribution in [0.3, 0.4) is 0 Å². The first-order valence-corrected chi connectivity index (χ1v) is 14.6. The molecule has 0 aliphatic carbocycles. The van der Waals surface area contributed by atoms with Gasteiger partial charge in [0, 0.05) is 38.6 Å². The Balaban J connectivity index is 1.20. The molecule has 5 rings (SSSR count). The zero-order valence-electron chi connectivity index (χ0n) is 20.8. The van der Waals surface area contributed by atoms with Gasteiger partial charge in [0.05, 0.1) is 17.3 Å². The largest absolute Gasteiger partial charge is 0.486 e. The summed E-state index contributed by atoms with van der Waals surface area (Å²) in [6, 6.07) is 18.0. The summed E-state index contributed by atoms with van der Waals surface area (Å²) in [4.78, 5) is 19.9. The first-order valence-electron chi connectivity index (χ1n) is 12.7. The third-order valence-electron chi connectivity index (χ3n) is 7.48. The molecule has 1 aromatic heterocycles. The molecule has 0 unspecified atom stereocenters. The summed E-state index contributed by atoms with van der Waals surface area (Å²) in [5.74, 6) is 2.31. The molecule has 192 valence electrons. The highest BCUT2D eigenvalue weighted by molar-refractivity contribution is 7.88. The van der Waals surface area contributed by atoms with Gasteiger partial charge >= 0.3 is 0 Å². The molecule has 0 spiro atoms. The Morgan fingerprint density at radius 1 is 0.944 bits per heavy atom. The minimum absolute atomic E-state index is 0.0705. The van der Waals surface area contributed by atoms with Crippen molar-refractivity contribution < 1.29 is 17.9 Å². The SMILES string of the molecule is CS(=O)(=O)N1CCC(C(=O)N2CCC(Cn3c(COc4ccccc4)nc4ccccc43)CC2)CC1. The number of para-hydroxylation sites is 3. The van der Waals surface area contributed by atoms with E-state index in [4.69, 9.17) is 9.72 Å². The maximum Gasteiger partial charge on any atom is 0.225 e. The number of ether oxygens (including phenoxy) is 1. The fourth-order valence-corrected chi connectivity index (χ4v) is 6.26. The second kappa shape index (κ2) is 10.6. The van der Waals surface area contributed by atoms with Crippen molar-refractivity contribution in [1.29, 1.82) is 0 Å². The van der Waals surface area contributed by atoms with Crippen LogP contribution in [0.25, 0.3) is 11.0 Å². The predicted molar refractivity (Wildman–Crippen MR) is 139 cm³/mol. The Kier molecular flexibility index (Phi) is 7.29. The number of amides is 1. The van der Waals surface area contributed by atoms with E-state index in [2.05, 4.69) is 10.6 Å². The van der Waals surface area contributed by atoms with E-state index in [0.717, 1.165) is 55.1 Å². The summed E-state index contributed by atoms with van der Waals surface area (Å²) < 4.78 is 33.3. The van der Waals surface area contributed by atoms with Crippen LogP contribution in [0.1, 0.15) is 31.5 Å². The van der Waals surface area contributed by atoms with Crippen LogP contribution in [-0.4, -0.2) is 65.5 Å². The van der Waals surface area contributed by atoms with E-state index in [0.29, 0.717) is 38.5 Å². The molecule has 8 nitrogen and oxygen atoms in total. The monoisotopic (exact) mass is 510 g/mol. The number of benzene rings is 2. The Morgan fingerprint density at radius 2 is 1.61 bits per heavy atom. The molecule has 0 bridgehead atoms. The number of likely N-dealkylation sites (tertiary alicyclic amines) is 1. The molecule has 0 radical (unpaired) electrons. The lowest BCUT2D eigenvalue weighted by molar-refractivity contribution is -0.138. The number of hydrogen-bond donors (Lipinski definition) is 0. The van der Waals surface area contributed by atoms with Crippen LogP contribution in [0.5, 0.6) is 5.75 Å². The standard InChI is InChI=1S/C27H34N4O4S/c1-36(33,34)30-17-13-22(14-18-30)27(32)29-15-11-21(12-16-29)19-31-25-10-6-5-9-24(25)28-26(31)20-35-23-7-3-2-4-8-23/h2-10,21-22H,11-20H2,1H3. The smallest absolute Gasteiger partial charge is 0.225 e. The summed E-state index contributed by atoms with van der Waals surface area (Å²) >= 11 is 0. The Labute approximate surface area is 212 Å². The molecule has 2 aromatic carbocycles. The highest BCUT2D eigenvalue weighted by atomic mass is 32.2. The highest BCUT2D eigenvalue weighted by Crippen LogP contribution is 2.27. The number of fused-ring (bicyclic) bond motifs is 1. The first kappa shape index (κ1) is 24.8. The average molecular weight is 511 g/mol. The van der Waals surface area contributed by atoms with Crippen LogP contribution in [0.15, 0.2) is 54.6 Å². The zero-order valence-corrected chi connectivity index (χ0v) is 21.6. The number of aromatic nitrogens is 2. The van der Waals surface area contributed by atoms with Gasteiger partial charge in [0.25, 0.3) is 0 Å². The highest BCUT2D eigenvalue weighted by Gasteiger charge is 2.33. The molecule has 2 saturated heterocycles. The Morgan fingerprint density at radius 3 is 2.31 bits per heavy atom. The van der Waals surface area contributed by atoms with Gasteiger partial charge in [-0.05, 0) is 55.9 Å². The van der Waals surface area contributed by atoms with Crippen LogP contribution in [0.4, 0.5) is 0 Å². The van der Waals surface area contributed by atoms with E-state index in [1.165, 1.54) is 10.6 Å². The van der Waals surface area contributed by atoms with Gasteiger partial charge in [-0.1, -0.05) is 30.3 Å². The molecule has 2 aliphatic heterocycles. The topological polar surface area (TPSA) is 84.7 Å². The first-order chi connectivity index (χ1) is 17.4. The average Bonchev–Trinajstić information content (AvgIpc) is 3.25. The number of imidazole rings is 1. The summed E-state index contributed by atoms with van der Waals surface area (Å²) in [5.41, 5.74) is 2.08. The Hall–Kier alpha value is -2.91. The van der Waals surface area contributed by atoms with Crippen LogP contribution >= 0.6 is 0 Å². The zero-order chi connectivity index (χ0) is 25.1.